The number of carbonyl (C=O) groups is 1. The fourth-order valence-corrected chi connectivity index (χ4v) is 3.27. The van der Waals surface area contributed by atoms with Gasteiger partial charge >= 0.3 is 6.03 Å². The van der Waals surface area contributed by atoms with Crippen molar-refractivity contribution in [2.75, 3.05) is 32.1 Å². The number of hydroxylamine groups is 1. The number of sulfone groups is 1. The second-order valence-electron chi connectivity index (χ2n) is 5.26. The van der Waals surface area contributed by atoms with E-state index in [1.165, 1.54) is 38.5 Å². The number of pyridine rings is 1. The molecular weight excluding hydrogens is 390 g/mol. The largest absolute Gasteiger partial charge is 0.496 e. The standard InChI is InChI=1S/C17H21N3O7S/c1-4-26-11-28(22,23)14-8-6-5-7-13(14)27-20-17(21)19-15-9-12(24-2)10-16(18-15)25-3/h5-10H,4,11H2,1-3H3,(H2,18,19,20,21). The van der Waals surface area contributed by atoms with Gasteiger partial charge in [-0.25, -0.2) is 13.2 Å². The topological polar surface area (TPSA) is 125 Å². The number of amides is 2. The highest BCUT2D eigenvalue weighted by atomic mass is 32.2. The number of nitrogens with one attached hydrogen (secondary N) is 2. The minimum atomic E-state index is -3.74. The van der Waals surface area contributed by atoms with Crippen molar-refractivity contribution in [3.05, 3.63) is 36.4 Å². The molecule has 10 nitrogen and oxygen atoms in total. The van der Waals surface area contributed by atoms with E-state index in [0.717, 1.165) is 0 Å². The molecule has 2 N–H and O–H groups in total. The Hall–Kier alpha value is -3.05. The zero-order chi connectivity index (χ0) is 20.6. The van der Waals surface area contributed by atoms with Crippen LogP contribution in [-0.2, 0) is 14.6 Å². The molecule has 11 heteroatoms. The van der Waals surface area contributed by atoms with Crippen LogP contribution in [0.4, 0.5) is 10.6 Å². The van der Waals surface area contributed by atoms with Crippen molar-refractivity contribution in [1.82, 2.24) is 10.5 Å². The minimum Gasteiger partial charge on any atom is -0.496 e. The summed E-state index contributed by atoms with van der Waals surface area (Å²) in [5, 5.41) is 2.43. The van der Waals surface area contributed by atoms with Crippen LogP contribution in [0.1, 0.15) is 6.92 Å². The maximum absolute atomic E-state index is 12.3. The molecule has 0 saturated carbocycles. The van der Waals surface area contributed by atoms with Gasteiger partial charge in [0.05, 0.1) is 14.2 Å². The van der Waals surface area contributed by atoms with Gasteiger partial charge in [0.15, 0.2) is 11.7 Å². The number of urea groups is 1. The van der Waals surface area contributed by atoms with Gasteiger partial charge in [-0.05, 0) is 19.1 Å². The number of hydrogen-bond donors (Lipinski definition) is 2. The Balaban J connectivity index is 2.08. The smallest absolute Gasteiger partial charge is 0.353 e. The Labute approximate surface area is 162 Å². The summed E-state index contributed by atoms with van der Waals surface area (Å²) in [6, 6.07) is 8.12. The number of hydrogen-bond acceptors (Lipinski definition) is 8. The van der Waals surface area contributed by atoms with E-state index in [2.05, 4.69) is 15.8 Å². The predicted molar refractivity (Wildman–Crippen MR) is 100 cm³/mol. The Morgan fingerprint density at radius 3 is 2.57 bits per heavy atom. The van der Waals surface area contributed by atoms with Crippen LogP contribution in [0.2, 0.25) is 0 Å². The molecule has 28 heavy (non-hydrogen) atoms. The number of ether oxygens (including phenoxy) is 3. The van der Waals surface area contributed by atoms with Gasteiger partial charge in [-0.1, -0.05) is 12.1 Å². The highest BCUT2D eigenvalue weighted by Crippen LogP contribution is 2.24. The summed E-state index contributed by atoms with van der Waals surface area (Å²) in [5.74, 6) is 0.269. The maximum Gasteiger partial charge on any atom is 0.353 e. The average molecular weight is 411 g/mol. The number of para-hydroxylation sites is 1. The van der Waals surface area contributed by atoms with E-state index in [-0.39, 0.29) is 28.9 Å². The zero-order valence-electron chi connectivity index (χ0n) is 15.6. The Kier molecular flexibility index (Phi) is 7.41. The molecule has 0 saturated heterocycles. The van der Waals surface area contributed by atoms with Gasteiger partial charge in [0.25, 0.3) is 0 Å². The molecule has 0 spiro atoms. The van der Waals surface area contributed by atoms with Gasteiger partial charge < -0.3 is 19.0 Å². The number of methoxy groups -OCH3 is 2. The molecular formula is C17H21N3O7S. The third-order valence-electron chi connectivity index (χ3n) is 3.34. The fraction of sp³-hybridized carbons (Fsp3) is 0.294. The lowest BCUT2D eigenvalue weighted by atomic mass is 10.3. The van der Waals surface area contributed by atoms with Crippen LogP contribution in [0, 0.1) is 0 Å². The van der Waals surface area contributed by atoms with Gasteiger partial charge in [0.1, 0.15) is 16.5 Å². The van der Waals surface area contributed by atoms with E-state index in [1.54, 1.807) is 19.1 Å². The third-order valence-corrected chi connectivity index (χ3v) is 4.83. The van der Waals surface area contributed by atoms with E-state index in [9.17, 15) is 13.2 Å². The van der Waals surface area contributed by atoms with Crippen molar-refractivity contribution in [2.45, 2.75) is 11.8 Å². The van der Waals surface area contributed by atoms with Crippen molar-refractivity contribution in [1.29, 1.82) is 0 Å². The maximum atomic E-state index is 12.3. The van der Waals surface area contributed by atoms with Gasteiger partial charge in [-0.3, -0.25) is 5.32 Å². The van der Waals surface area contributed by atoms with E-state index in [0.29, 0.717) is 5.75 Å². The summed E-state index contributed by atoms with van der Waals surface area (Å²) in [5.41, 5.74) is 2.11. The van der Waals surface area contributed by atoms with Crippen LogP contribution in [0.5, 0.6) is 17.4 Å². The molecule has 0 aliphatic rings. The van der Waals surface area contributed by atoms with Gasteiger partial charge in [-0.2, -0.15) is 10.5 Å². The van der Waals surface area contributed by atoms with Gasteiger partial charge in [-0.15, -0.1) is 0 Å². The normalized spacial score (nSPS) is 10.8. The Morgan fingerprint density at radius 1 is 1.14 bits per heavy atom. The molecule has 1 aromatic heterocycles. The average Bonchev–Trinajstić information content (AvgIpc) is 2.70. The first-order valence-electron chi connectivity index (χ1n) is 8.13. The Morgan fingerprint density at radius 2 is 1.89 bits per heavy atom. The summed E-state index contributed by atoms with van der Waals surface area (Å²) in [6.45, 7) is 1.94. The van der Waals surface area contributed by atoms with Crippen LogP contribution in [0.3, 0.4) is 0 Å². The molecule has 0 radical (unpaired) electrons. The van der Waals surface area contributed by atoms with Crippen molar-refractivity contribution >= 4 is 21.7 Å². The number of anilines is 1. The summed E-state index contributed by atoms with van der Waals surface area (Å²) in [4.78, 5) is 21.2. The molecule has 0 atom stereocenters. The predicted octanol–water partition coefficient (Wildman–Crippen LogP) is 1.98. The van der Waals surface area contributed by atoms with Gasteiger partial charge in [0, 0.05) is 18.7 Å². The number of nitrogens with zero attached hydrogens (tertiary/aromatic N) is 1. The molecule has 2 aromatic rings. The van der Waals surface area contributed by atoms with Gasteiger partial charge in [0.2, 0.25) is 15.7 Å². The highest BCUT2D eigenvalue weighted by molar-refractivity contribution is 7.91. The molecule has 0 unspecified atom stereocenters. The first-order valence-corrected chi connectivity index (χ1v) is 9.78. The summed E-state index contributed by atoms with van der Waals surface area (Å²) in [6.07, 6.45) is 0. The lowest BCUT2D eigenvalue weighted by Crippen LogP contribution is -2.32. The van der Waals surface area contributed by atoms with Crippen LogP contribution in [0.15, 0.2) is 41.3 Å². The van der Waals surface area contributed by atoms with E-state index >= 15 is 0 Å². The molecule has 0 fully saturated rings. The summed E-state index contributed by atoms with van der Waals surface area (Å²) in [7, 11) is -0.858. The summed E-state index contributed by atoms with van der Waals surface area (Å²) < 4.78 is 39.7. The molecule has 0 aliphatic heterocycles. The SMILES string of the molecule is CCOCS(=O)(=O)c1ccccc1ONC(=O)Nc1cc(OC)cc(OC)n1. The zero-order valence-corrected chi connectivity index (χ0v) is 16.4. The monoisotopic (exact) mass is 411 g/mol. The minimum absolute atomic E-state index is 0.0477. The van der Waals surface area contributed by atoms with E-state index < -0.39 is 21.8 Å². The van der Waals surface area contributed by atoms with Crippen molar-refractivity contribution in [3.8, 4) is 17.4 Å². The molecule has 0 bridgehead atoms. The van der Waals surface area contributed by atoms with Crippen molar-refractivity contribution < 1.29 is 32.3 Å². The molecule has 2 rings (SSSR count). The van der Waals surface area contributed by atoms with Crippen LogP contribution < -0.4 is 25.1 Å². The number of benzene rings is 1. The van der Waals surface area contributed by atoms with E-state index in [4.69, 9.17) is 19.0 Å². The number of aromatic nitrogens is 1. The first-order chi connectivity index (χ1) is 13.4. The number of carbonyl (C=O) groups excluding carboxylic acids is 1. The second kappa shape index (κ2) is 9.76. The van der Waals surface area contributed by atoms with Crippen LogP contribution in [0.25, 0.3) is 0 Å². The lowest BCUT2D eigenvalue weighted by Gasteiger charge is -2.13. The third kappa shape index (κ3) is 5.72. The second-order valence-corrected chi connectivity index (χ2v) is 7.17. The highest BCUT2D eigenvalue weighted by Gasteiger charge is 2.20. The molecule has 1 aromatic carbocycles. The molecule has 0 aliphatic carbocycles. The molecule has 1 heterocycles. The summed E-state index contributed by atoms with van der Waals surface area (Å²) >= 11 is 0. The fourth-order valence-electron chi connectivity index (χ4n) is 2.06. The molecule has 2 amide bonds. The van der Waals surface area contributed by atoms with Crippen molar-refractivity contribution in [3.63, 3.8) is 0 Å². The van der Waals surface area contributed by atoms with Crippen molar-refractivity contribution in [2.24, 2.45) is 0 Å². The van der Waals surface area contributed by atoms with Crippen LogP contribution in [-0.4, -0.2) is 46.2 Å². The Bertz CT molecular complexity index is 896. The number of rotatable bonds is 9. The first kappa shape index (κ1) is 21.3. The quantitative estimate of drug-likeness (QED) is 0.600. The van der Waals surface area contributed by atoms with E-state index in [1.807, 2.05) is 0 Å². The van der Waals surface area contributed by atoms with Crippen LogP contribution >= 0.6 is 0 Å². The molecule has 152 valence electrons. The lowest BCUT2D eigenvalue weighted by molar-refractivity contribution is 0.183.